The number of aromatic nitrogens is 2. The van der Waals surface area contributed by atoms with E-state index in [4.69, 9.17) is 9.26 Å². The van der Waals surface area contributed by atoms with Gasteiger partial charge in [0.05, 0.1) is 4.90 Å². The summed E-state index contributed by atoms with van der Waals surface area (Å²) < 4.78 is 39.1. The Morgan fingerprint density at radius 2 is 1.78 bits per heavy atom. The zero-order chi connectivity index (χ0) is 23.6. The highest BCUT2D eigenvalue weighted by Crippen LogP contribution is 2.21. The molecule has 0 spiro atoms. The molecule has 3 rings (SSSR count). The van der Waals surface area contributed by atoms with Gasteiger partial charge in [-0.1, -0.05) is 22.9 Å². The molecule has 0 saturated carbocycles. The first-order valence-corrected chi connectivity index (χ1v) is 11.4. The van der Waals surface area contributed by atoms with E-state index in [1.54, 1.807) is 42.7 Å². The zero-order valence-corrected chi connectivity index (χ0v) is 19.3. The van der Waals surface area contributed by atoms with Crippen molar-refractivity contribution >= 4 is 21.8 Å². The molecule has 2 heterocycles. The molecule has 1 N–H and O–H groups in total. The summed E-state index contributed by atoms with van der Waals surface area (Å²) in [4.78, 5) is 25.0. The second kappa shape index (κ2) is 9.09. The largest absolute Gasteiger partial charge is 0.456 e. The number of hydrogen-bond donors (Lipinski definition) is 1. The number of aryl methyl sites for hydroxylation is 3. The molecule has 0 saturated heterocycles. The molecule has 0 radical (unpaired) electrons. The lowest BCUT2D eigenvalue weighted by Crippen LogP contribution is -2.40. The number of esters is 1. The van der Waals surface area contributed by atoms with Crippen LogP contribution in [0, 0.1) is 27.7 Å². The number of nitrogens with zero attached hydrogens (tertiary/aromatic N) is 2. The summed E-state index contributed by atoms with van der Waals surface area (Å²) in [5.41, 5.74) is 2.69. The Balaban J connectivity index is 1.64. The molecule has 0 aliphatic rings. The van der Waals surface area contributed by atoms with Gasteiger partial charge in [0, 0.05) is 23.0 Å². The number of rotatable bonds is 8. The summed E-state index contributed by atoms with van der Waals surface area (Å²) in [6.45, 7) is 8.02. The van der Waals surface area contributed by atoms with Crippen LogP contribution in [0.5, 0.6) is 0 Å². The van der Waals surface area contributed by atoms with Crippen molar-refractivity contribution < 1.29 is 27.3 Å². The second-order valence-corrected chi connectivity index (χ2v) is 9.32. The molecular formula is C22H25N3O6S. The van der Waals surface area contributed by atoms with Crippen molar-refractivity contribution in [2.45, 2.75) is 45.6 Å². The maximum absolute atomic E-state index is 12.7. The Labute approximate surface area is 186 Å². The molecular weight excluding hydrogens is 434 g/mol. The van der Waals surface area contributed by atoms with Crippen molar-refractivity contribution in [2.75, 3.05) is 6.61 Å². The van der Waals surface area contributed by atoms with Gasteiger partial charge < -0.3 is 9.26 Å². The maximum atomic E-state index is 12.7. The number of benzene rings is 1. The van der Waals surface area contributed by atoms with Gasteiger partial charge in [0.1, 0.15) is 11.8 Å². The Bertz CT molecular complexity index is 1260. The molecule has 1 aromatic carbocycles. The fourth-order valence-corrected chi connectivity index (χ4v) is 4.45. The number of nitrogens with one attached hydrogen (secondary N) is 1. The van der Waals surface area contributed by atoms with Crippen molar-refractivity contribution in [1.29, 1.82) is 0 Å². The van der Waals surface area contributed by atoms with Crippen LogP contribution in [0.15, 0.2) is 45.8 Å². The van der Waals surface area contributed by atoms with E-state index in [1.807, 2.05) is 13.8 Å². The van der Waals surface area contributed by atoms with Gasteiger partial charge in [-0.3, -0.25) is 14.2 Å². The van der Waals surface area contributed by atoms with Crippen molar-refractivity contribution in [2.24, 2.45) is 0 Å². The Hall–Kier alpha value is -3.24. The van der Waals surface area contributed by atoms with Crippen LogP contribution in [0.1, 0.15) is 40.0 Å². The van der Waals surface area contributed by atoms with Crippen LogP contribution in [-0.2, 0) is 19.6 Å². The van der Waals surface area contributed by atoms with E-state index in [0.29, 0.717) is 22.8 Å². The van der Waals surface area contributed by atoms with Crippen molar-refractivity contribution in [3.63, 3.8) is 0 Å². The molecule has 2 aromatic heterocycles. The van der Waals surface area contributed by atoms with E-state index in [9.17, 15) is 18.0 Å². The number of carbonyl (C=O) groups is 2. The minimum Gasteiger partial charge on any atom is -0.456 e. The molecule has 0 unspecified atom stereocenters. The molecule has 0 amide bonds. The number of carbonyl (C=O) groups excluding carboxylic acids is 2. The molecule has 3 aromatic rings. The van der Waals surface area contributed by atoms with E-state index in [0.717, 1.165) is 11.3 Å². The van der Waals surface area contributed by atoms with E-state index >= 15 is 0 Å². The molecule has 10 heteroatoms. The molecule has 0 aliphatic heterocycles. The highest BCUT2D eigenvalue weighted by Gasteiger charge is 2.25. The number of sulfonamides is 1. The van der Waals surface area contributed by atoms with Gasteiger partial charge in [0.15, 0.2) is 12.4 Å². The monoisotopic (exact) mass is 459 g/mol. The van der Waals surface area contributed by atoms with Crippen LogP contribution < -0.4 is 4.72 Å². The molecule has 0 aliphatic carbocycles. The number of ketones is 1. The van der Waals surface area contributed by atoms with Crippen LogP contribution in [0.3, 0.4) is 0 Å². The Kier molecular flexibility index (Phi) is 6.65. The minimum atomic E-state index is -3.90. The zero-order valence-electron chi connectivity index (χ0n) is 18.5. The average molecular weight is 460 g/mol. The summed E-state index contributed by atoms with van der Waals surface area (Å²) in [5, 5.41) is 3.97. The first-order chi connectivity index (χ1) is 15.0. The third-order valence-corrected chi connectivity index (χ3v) is 6.50. The third kappa shape index (κ3) is 4.97. The van der Waals surface area contributed by atoms with Gasteiger partial charge >= 0.3 is 5.97 Å². The minimum absolute atomic E-state index is 0.0364. The van der Waals surface area contributed by atoms with Gasteiger partial charge in [-0.25, -0.2) is 8.42 Å². The lowest BCUT2D eigenvalue weighted by molar-refractivity contribution is -0.144. The normalized spacial score (nSPS) is 12.5. The van der Waals surface area contributed by atoms with E-state index in [1.165, 1.54) is 19.1 Å². The third-order valence-electron chi connectivity index (χ3n) is 4.94. The lowest BCUT2D eigenvalue weighted by Gasteiger charge is -2.13. The first kappa shape index (κ1) is 23.4. The van der Waals surface area contributed by atoms with Crippen molar-refractivity contribution in [3.05, 3.63) is 64.7 Å². The number of Topliss-reactive ketones (excluding diaryl/α,β-unsaturated/α-hetero) is 1. The smallest absolute Gasteiger partial charge is 0.324 e. The molecule has 170 valence electrons. The van der Waals surface area contributed by atoms with E-state index in [-0.39, 0.29) is 4.90 Å². The number of hydrogen-bond acceptors (Lipinski definition) is 7. The average Bonchev–Trinajstić information content (AvgIpc) is 3.27. The van der Waals surface area contributed by atoms with E-state index < -0.39 is 34.4 Å². The maximum Gasteiger partial charge on any atom is 0.324 e. The highest BCUT2D eigenvalue weighted by atomic mass is 32.2. The standard InChI is InChI=1S/C22H25N3O6S/c1-13-6-8-18(9-7-13)32(28,29)24-16(4)22(27)30-12-20(26)19-10-14(2)25(17(19)5)21-11-15(3)31-23-21/h6-11,16,24H,12H2,1-5H3/t16-/m1/s1. The van der Waals surface area contributed by atoms with Crippen LogP contribution in [-0.4, -0.2) is 42.5 Å². The fraction of sp³-hybridized carbons (Fsp3) is 0.318. The van der Waals surface area contributed by atoms with Crippen molar-refractivity contribution in [3.8, 4) is 5.82 Å². The second-order valence-electron chi connectivity index (χ2n) is 7.60. The highest BCUT2D eigenvalue weighted by molar-refractivity contribution is 7.89. The summed E-state index contributed by atoms with van der Waals surface area (Å²) >= 11 is 0. The molecule has 9 nitrogen and oxygen atoms in total. The SMILES string of the molecule is Cc1ccc(S(=O)(=O)N[C@H](C)C(=O)OCC(=O)c2cc(C)n(-c3cc(C)on3)c2C)cc1. The quantitative estimate of drug-likeness (QED) is 0.406. The van der Waals surface area contributed by atoms with Crippen LogP contribution in [0.2, 0.25) is 0 Å². The summed E-state index contributed by atoms with van der Waals surface area (Å²) in [7, 11) is -3.90. The summed E-state index contributed by atoms with van der Waals surface area (Å²) in [6.07, 6.45) is 0. The van der Waals surface area contributed by atoms with Gasteiger partial charge in [0.2, 0.25) is 15.8 Å². The Morgan fingerprint density at radius 3 is 2.38 bits per heavy atom. The summed E-state index contributed by atoms with van der Waals surface area (Å²) in [6, 6.07) is 8.48. The van der Waals surface area contributed by atoms with Gasteiger partial charge in [-0.15, -0.1) is 0 Å². The van der Waals surface area contributed by atoms with Gasteiger partial charge in [0.25, 0.3) is 0 Å². The predicted molar refractivity (Wildman–Crippen MR) is 116 cm³/mol. The predicted octanol–water partition coefficient (Wildman–Crippen LogP) is 2.79. The summed E-state index contributed by atoms with van der Waals surface area (Å²) in [5.74, 6) is -0.0782. The fourth-order valence-electron chi connectivity index (χ4n) is 3.26. The van der Waals surface area contributed by atoms with Gasteiger partial charge in [-0.2, -0.15) is 4.72 Å². The van der Waals surface area contributed by atoms with E-state index in [2.05, 4.69) is 9.88 Å². The lowest BCUT2D eigenvalue weighted by atomic mass is 10.1. The molecule has 1 atom stereocenters. The molecule has 0 bridgehead atoms. The Morgan fingerprint density at radius 1 is 1.12 bits per heavy atom. The van der Waals surface area contributed by atoms with Crippen molar-refractivity contribution in [1.82, 2.24) is 14.4 Å². The van der Waals surface area contributed by atoms with Crippen LogP contribution in [0.4, 0.5) is 0 Å². The van der Waals surface area contributed by atoms with Crippen LogP contribution in [0.25, 0.3) is 5.82 Å². The molecule has 32 heavy (non-hydrogen) atoms. The first-order valence-electron chi connectivity index (χ1n) is 9.91. The van der Waals surface area contributed by atoms with Gasteiger partial charge in [-0.05, 0) is 52.8 Å². The molecule has 0 fully saturated rings. The topological polar surface area (TPSA) is 120 Å². The number of ether oxygens (including phenoxy) is 1. The van der Waals surface area contributed by atoms with Crippen LogP contribution >= 0.6 is 0 Å².